The average Bonchev–Trinajstić information content (AvgIpc) is 3.02. The number of carbonyl (C=O) groups is 1. The molecule has 240 valence electrons. The van der Waals surface area contributed by atoms with Crippen LogP contribution in [0.1, 0.15) is 38.1 Å². The van der Waals surface area contributed by atoms with Crippen LogP contribution in [-0.2, 0) is 19.5 Å². The topological polar surface area (TPSA) is 179 Å². The molecule has 0 spiro atoms. The number of rotatable bonds is 7. The Balaban J connectivity index is 0.00000134. The summed E-state index contributed by atoms with van der Waals surface area (Å²) in [6.07, 6.45) is 0.715. The van der Waals surface area contributed by atoms with Crippen molar-refractivity contribution in [2.45, 2.75) is 32.6 Å². The van der Waals surface area contributed by atoms with Gasteiger partial charge >= 0.3 is 0 Å². The molecule has 0 saturated carbocycles. The number of carbonyl (C=O) groups excluding carboxylic acids is 1. The van der Waals surface area contributed by atoms with E-state index >= 15 is 0 Å². The van der Waals surface area contributed by atoms with E-state index in [1.807, 2.05) is 66.1 Å². The molecule has 4 rings (SSSR count). The largest absolute Gasteiger partial charge is 0.505 e. The third-order valence-corrected chi connectivity index (χ3v) is 5.16. The van der Waals surface area contributed by atoms with Gasteiger partial charge in [0.2, 0.25) is 0 Å². The summed E-state index contributed by atoms with van der Waals surface area (Å²) in [5.74, 6) is -0.532. The van der Waals surface area contributed by atoms with Crippen LogP contribution in [0, 0.1) is 0 Å². The second-order valence-electron chi connectivity index (χ2n) is 7.79. The molecular formula is C30H40N4O8S2. The Morgan fingerprint density at radius 3 is 1.91 bits per heavy atom. The summed E-state index contributed by atoms with van der Waals surface area (Å²) in [5.41, 5.74) is 1.55. The van der Waals surface area contributed by atoms with E-state index in [1.165, 1.54) is 0 Å². The number of phenols is 1. The molecule has 5 N–H and O–H groups in total. The molecule has 0 heterocycles. The van der Waals surface area contributed by atoms with Crippen molar-refractivity contribution in [1.82, 2.24) is 5.32 Å². The second-order valence-corrected chi connectivity index (χ2v) is 10.00. The van der Waals surface area contributed by atoms with Crippen molar-refractivity contribution in [2.75, 3.05) is 25.7 Å². The number of phenolic OH excluding ortho intramolecular Hbond substituents is 1. The fraction of sp³-hybridized carbons (Fsp3) is 0.233. The summed E-state index contributed by atoms with van der Waals surface area (Å²) in [5, 5.41) is 38.3. The molecule has 0 aromatic heterocycles. The van der Waals surface area contributed by atoms with E-state index in [-0.39, 0.29) is 17.3 Å². The lowest BCUT2D eigenvalue weighted by Crippen LogP contribution is -2.11. The molecular weight excluding hydrogens is 608 g/mol. The summed E-state index contributed by atoms with van der Waals surface area (Å²) in [7, 11) is 0.0833. The first kappa shape index (κ1) is 40.1. The fourth-order valence-corrected chi connectivity index (χ4v) is 3.60. The number of azo groups is 1. The smallest absolute Gasteiger partial charge is 0.261 e. The van der Waals surface area contributed by atoms with Gasteiger partial charge in [-0.15, -0.1) is 9.45 Å². The van der Waals surface area contributed by atoms with Gasteiger partial charge in [-0.05, 0) is 55.9 Å². The number of nitrogens with zero attached hydrogens (tertiary/aromatic N) is 2. The Morgan fingerprint density at radius 1 is 0.864 bits per heavy atom. The first-order valence-electron chi connectivity index (χ1n) is 13.4. The highest BCUT2D eigenvalue weighted by Crippen LogP contribution is 2.46. The van der Waals surface area contributed by atoms with Crippen molar-refractivity contribution in [3.63, 3.8) is 0 Å². The van der Waals surface area contributed by atoms with Gasteiger partial charge in [-0.1, -0.05) is 81.3 Å². The van der Waals surface area contributed by atoms with Crippen molar-refractivity contribution in [1.29, 1.82) is 0 Å². The molecule has 0 atom stereocenters. The van der Waals surface area contributed by atoms with Gasteiger partial charge in [-0.2, -0.15) is 13.5 Å². The number of fused-ring (bicyclic) bond motifs is 1. The minimum atomic E-state index is -3.67. The summed E-state index contributed by atoms with van der Waals surface area (Å²) in [6.45, 7) is 8.00. The average molecular weight is 649 g/mol. The van der Waals surface area contributed by atoms with Crippen LogP contribution in [0.4, 0.5) is 17.1 Å². The zero-order valence-electron chi connectivity index (χ0n) is 25.7. The molecule has 12 nitrogen and oxygen atoms in total. The van der Waals surface area contributed by atoms with E-state index in [0.29, 0.717) is 50.9 Å². The van der Waals surface area contributed by atoms with Crippen molar-refractivity contribution in [3.8, 4) is 5.75 Å². The molecule has 0 bridgehead atoms. The zero-order chi connectivity index (χ0) is 33.5. The molecule has 0 fully saturated rings. The highest BCUT2D eigenvalue weighted by molar-refractivity contribution is 7.94. The molecule has 0 aliphatic heterocycles. The third-order valence-electron chi connectivity index (χ3n) is 4.54. The van der Waals surface area contributed by atoms with Gasteiger partial charge in [0.1, 0.15) is 5.69 Å². The van der Waals surface area contributed by atoms with Crippen molar-refractivity contribution >= 4 is 55.9 Å². The first-order chi connectivity index (χ1) is 21.1. The Labute approximate surface area is 263 Å². The maximum absolute atomic E-state index is 12.7. The van der Waals surface area contributed by atoms with Crippen molar-refractivity contribution < 1.29 is 37.5 Å². The van der Waals surface area contributed by atoms with Crippen LogP contribution in [0.2, 0.25) is 0 Å². The number of benzene rings is 4. The van der Waals surface area contributed by atoms with Crippen LogP contribution in [0.5, 0.6) is 5.75 Å². The van der Waals surface area contributed by atoms with Gasteiger partial charge in [0, 0.05) is 10.9 Å². The zero-order valence-corrected chi connectivity index (χ0v) is 27.3. The van der Waals surface area contributed by atoms with E-state index < -0.39 is 10.1 Å². The molecule has 0 saturated heterocycles. The quantitative estimate of drug-likeness (QED) is 0.0433. The Bertz CT molecular complexity index is 1510. The number of hydrogen-bond donors (Lipinski definition) is 5. The minimum absolute atomic E-state index is 0.0878. The monoisotopic (exact) mass is 648 g/mol. The fourth-order valence-electron chi connectivity index (χ4n) is 3.10. The standard InChI is InChI=1S/C23H17N3O5S.C2H7N.2C2H6.CH4O3S/c27-22-20-16(10-7-13-18(20)24-23(28)15-8-3-1-4-9-15)14-19(32-31-30-29)21(22)26-25-17-11-5-2-6-12-17;1-3-2;2*1-2;1-5(2,3)4/h1-14,27,29H,(H,24,28);3H,1-2H3;2*1-2H3;1H3,(H,2,3,4). The molecule has 4 aromatic rings. The summed E-state index contributed by atoms with van der Waals surface area (Å²) >= 11 is 0.654. The van der Waals surface area contributed by atoms with Crippen LogP contribution in [-0.4, -0.2) is 49.6 Å². The van der Waals surface area contributed by atoms with Crippen LogP contribution >= 0.6 is 12.0 Å². The van der Waals surface area contributed by atoms with Crippen molar-refractivity contribution in [3.05, 3.63) is 90.5 Å². The maximum atomic E-state index is 12.7. The molecule has 14 heteroatoms. The maximum Gasteiger partial charge on any atom is 0.261 e. The Morgan fingerprint density at radius 2 is 1.39 bits per heavy atom. The van der Waals surface area contributed by atoms with Gasteiger partial charge in [-0.3, -0.25) is 9.35 Å². The lowest BCUT2D eigenvalue weighted by molar-refractivity contribution is -0.432. The van der Waals surface area contributed by atoms with Crippen LogP contribution in [0.15, 0.2) is 100 Å². The van der Waals surface area contributed by atoms with Gasteiger partial charge in [0.15, 0.2) is 5.75 Å². The minimum Gasteiger partial charge on any atom is -0.505 e. The van der Waals surface area contributed by atoms with E-state index in [1.54, 1.807) is 60.7 Å². The predicted octanol–water partition coefficient (Wildman–Crippen LogP) is 8.03. The molecule has 0 unspecified atom stereocenters. The number of nitrogens with one attached hydrogen (secondary N) is 2. The summed E-state index contributed by atoms with van der Waals surface area (Å²) < 4.78 is 30.4. The van der Waals surface area contributed by atoms with Gasteiger partial charge in [0.05, 0.1) is 34.6 Å². The van der Waals surface area contributed by atoms with E-state index in [2.05, 4.69) is 30.2 Å². The second kappa shape index (κ2) is 22.6. The SMILES string of the molecule is CC.CC.CNC.CS(=O)(=O)O.O=C(Nc1cccc2cc(SOOO)c(N=Nc3ccccc3)c(O)c12)c1ccccc1. The molecule has 0 aliphatic carbocycles. The van der Waals surface area contributed by atoms with Gasteiger partial charge in [0.25, 0.3) is 16.0 Å². The predicted molar refractivity (Wildman–Crippen MR) is 176 cm³/mol. The number of aromatic hydroxyl groups is 1. The highest BCUT2D eigenvalue weighted by atomic mass is 32.2. The summed E-state index contributed by atoms with van der Waals surface area (Å²) in [6, 6.07) is 24.6. The molecule has 44 heavy (non-hydrogen) atoms. The number of anilines is 1. The number of amides is 1. The van der Waals surface area contributed by atoms with E-state index in [9.17, 15) is 18.3 Å². The van der Waals surface area contributed by atoms with Crippen LogP contribution in [0.3, 0.4) is 0 Å². The van der Waals surface area contributed by atoms with Crippen LogP contribution < -0.4 is 10.6 Å². The molecule has 0 radical (unpaired) electrons. The normalized spacial score (nSPS) is 10.1. The Kier molecular flexibility index (Phi) is 20.6. The lowest BCUT2D eigenvalue weighted by Gasteiger charge is -2.13. The Hall–Kier alpha value is -3.89. The molecule has 1 amide bonds. The summed E-state index contributed by atoms with van der Waals surface area (Å²) in [4.78, 5) is 13.0. The molecule has 0 aliphatic rings. The van der Waals surface area contributed by atoms with Gasteiger partial charge < -0.3 is 15.7 Å². The molecule has 4 aromatic carbocycles. The van der Waals surface area contributed by atoms with Crippen molar-refractivity contribution in [2.24, 2.45) is 10.2 Å². The first-order valence-corrected chi connectivity index (χ1v) is 16.0. The van der Waals surface area contributed by atoms with Gasteiger partial charge in [-0.25, -0.2) is 5.26 Å². The number of hydrogen-bond acceptors (Lipinski definition) is 11. The van der Waals surface area contributed by atoms with E-state index in [4.69, 9.17) is 9.81 Å². The highest BCUT2D eigenvalue weighted by Gasteiger charge is 2.18. The van der Waals surface area contributed by atoms with Crippen LogP contribution in [0.25, 0.3) is 10.8 Å². The lowest BCUT2D eigenvalue weighted by atomic mass is 10.1. The van der Waals surface area contributed by atoms with E-state index in [0.717, 1.165) is 0 Å². The third kappa shape index (κ3) is 15.0.